The molecule has 6 nitrogen and oxygen atoms in total. The lowest BCUT2D eigenvalue weighted by Gasteiger charge is -2.12. The van der Waals surface area contributed by atoms with E-state index in [1.165, 1.54) is 16.9 Å². The minimum Gasteiger partial charge on any atom is -0.421 e. The molecule has 2 heterocycles. The van der Waals surface area contributed by atoms with Crippen LogP contribution < -0.4 is 4.90 Å². The van der Waals surface area contributed by atoms with Crippen LogP contribution in [0.2, 0.25) is 0 Å². The molecule has 4 rings (SSSR count). The molecule has 4 aromatic rings. The van der Waals surface area contributed by atoms with Crippen LogP contribution in [0.1, 0.15) is 17.9 Å². The Morgan fingerprint density at radius 2 is 1.89 bits per heavy atom. The third-order valence-corrected chi connectivity index (χ3v) is 5.37. The van der Waals surface area contributed by atoms with Gasteiger partial charge in [0.25, 0.3) is 0 Å². The van der Waals surface area contributed by atoms with E-state index >= 15 is 0 Å². The van der Waals surface area contributed by atoms with Crippen molar-refractivity contribution in [3.8, 4) is 11.5 Å². The van der Waals surface area contributed by atoms with Crippen molar-refractivity contribution in [3.05, 3.63) is 60.0 Å². The minimum absolute atomic E-state index is 0.0378. The summed E-state index contributed by atoms with van der Waals surface area (Å²) < 4.78 is 6.75. The maximum absolute atomic E-state index is 12.5. The van der Waals surface area contributed by atoms with Crippen LogP contribution in [0.5, 0.6) is 0 Å². The molecule has 0 N–H and O–H groups in total. The van der Waals surface area contributed by atoms with E-state index in [4.69, 9.17) is 4.42 Å². The maximum atomic E-state index is 12.5. The summed E-state index contributed by atoms with van der Waals surface area (Å²) in [4.78, 5) is 18.6. The number of rotatable bonds is 5. The second-order valence-electron chi connectivity index (χ2n) is 6.28. The molecular weight excluding hydrogens is 360 g/mol. The average Bonchev–Trinajstić information content (AvgIpc) is 3.33. The summed E-state index contributed by atoms with van der Waals surface area (Å²) >= 11 is 1.50. The molecular formula is C20H18N4O2S. The SMILES string of the molecule is Cc1ccc(-c2nnc(CCC(=O)N(C)c3nc4ccccc4s3)o2)cc1. The van der Waals surface area contributed by atoms with E-state index in [9.17, 15) is 4.79 Å². The number of carbonyl (C=O) groups is 1. The summed E-state index contributed by atoms with van der Waals surface area (Å²) in [7, 11) is 1.74. The van der Waals surface area contributed by atoms with E-state index in [2.05, 4.69) is 15.2 Å². The number of fused-ring (bicyclic) bond motifs is 1. The average molecular weight is 378 g/mol. The highest BCUT2D eigenvalue weighted by atomic mass is 32.1. The van der Waals surface area contributed by atoms with Crippen molar-refractivity contribution in [3.63, 3.8) is 0 Å². The van der Waals surface area contributed by atoms with E-state index in [0.29, 0.717) is 23.3 Å². The molecule has 0 atom stereocenters. The Kier molecular flexibility index (Phi) is 4.68. The molecule has 0 saturated heterocycles. The molecule has 1 amide bonds. The minimum atomic E-state index is -0.0378. The Bertz CT molecular complexity index is 1050. The number of aryl methyl sites for hydroxylation is 2. The van der Waals surface area contributed by atoms with Crippen LogP contribution >= 0.6 is 11.3 Å². The van der Waals surface area contributed by atoms with Crippen LogP contribution in [0.4, 0.5) is 5.13 Å². The summed E-state index contributed by atoms with van der Waals surface area (Å²) in [6, 6.07) is 15.7. The zero-order valence-corrected chi connectivity index (χ0v) is 15.9. The first-order chi connectivity index (χ1) is 13.1. The Balaban J connectivity index is 1.41. The number of nitrogens with zero attached hydrogens (tertiary/aromatic N) is 4. The number of aromatic nitrogens is 3. The van der Waals surface area contributed by atoms with Gasteiger partial charge in [0, 0.05) is 25.5 Å². The summed E-state index contributed by atoms with van der Waals surface area (Å²) in [6.45, 7) is 2.02. The van der Waals surface area contributed by atoms with Crippen LogP contribution in [0.15, 0.2) is 52.9 Å². The van der Waals surface area contributed by atoms with Gasteiger partial charge in [-0.1, -0.05) is 41.2 Å². The Morgan fingerprint density at radius 1 is 1.11 bits per heavy atom. The van der Waals surface area contributed by atoms with Crippen molar-refractivity contribution < 1.29 is 9.21 Å². The Labute approximate surface area is 160 Å². The number of thiazole rings is 1. The molecule has 0 fully saturated rings. The lowest BCUT2D eigenvalue weighted by Crippen LogP contribution is -2.26. The number of para-hydroxylation sites is 1. The lowest BCUT2D eigenvalue weighted by molar-refractivity contribution is -0.118. The zero-order chi connectivity index (χ0) is 18.8. The second-order valence-corrected chi connectivity index (χ2v) is 7.29. The number of carbonyl (C=O) groups excluding carboxylic acids is 1. The first-order valence-electron chi connectivity index (χ1n) is 8.62. The van der Waals surface area contributed by atoms with Gasteiger partial charge in [0.1, 0.15) is 0 Å². The van der Waals surface area contributed by atoms with Crippen LogP contribution in [-0.4, -0.2) is 28.1 Å². The van der Waals surface area contributed by atoms with Crippen LogP contribution in [-0.2, 0) is 11.2 Å². The van der Waals surface area contributed by atoms with Crippen LogP contribution in [0, 0.1) is 6.92 Å². The molecule has 7 heteroatoms. The lowest BCUT2D eigenvalue weighted by atomic mass is 10.1. The number of amides is 1. The molecule has 0 aliphatic heterocycles. The molecule has 136 valence electrons. The van der Waals surface area contributed by atoms with Gasteiger partial charge in [0.05, 0.1) is 10.2 Å². The van der Waals surface area contributed by atoms with E-state index in [1.54, 1.807) is 11.9 Å². The zero-order valence-electron chi connectivity index (χ0n) is 15.0. The number of hydrogen-bond donors (Lipinski definition) is 0. The van der Waals surface area contributed by atoms with Gasteiger partial charge < -0.3 is 4.42 Å². The number of hydrogen-bond acceptors (Lipinski definition) is 6. The summed E-state index contributed by atoms with van der Waals surface area (Å²) in [5.41, 5.74) is 2.94. The Morgan fingerprint density at radius 3 is 2.67 bits per heavy atom. The maximum Gasteiger partial charge on any atom is 0.247 e. The second kappa shape index (κ2) is 7.28. The first kappa shape index (κ1) is 17.4. The third-order valence-electron chi connectivity index (χ3n) is 4.26. The van der Waals surface area contributed by atoms with E-state index in [1.807, 2.05) is 55.5 Å². The quantitative estimate of drug-likeness (QED) is 0.519. The first-order valence-corrected chi connectivity index (χ1v) is 9.43. The highest BCUT2D eigenvalue weighted by Crippen LogP contribution is 2.28. The highest BCUT2D eigenvalue weighted by molar-refractivity contribution is 7.22. The van der Waals surface area contributed by atoms with Gasteiger partial charge in [-0.05, 0) is 31.2 Å². The number of anilines is 1. The van der Waals surface area contributed by atoms with E-state index in [0.717, 1.165) is 15.8 Å². The molecule has 2 aromatic heterocycles. The monoisotopic (exact) mass is 378 g/mol. The Hall–Kier alpha value is -3.06. The molecule has 0 unspecified atom stereocenters. The van der Waals surface area contributed by atoms with Gasteiger partial charge in [0.15, 0.2) is 5.13 Å². The summed E-state index contributed by atoms with van der Waals surface area (Å²) in [5.74, 6) is 0.887. The molecule has 0 spiro atoms. The highest BCUT2D eigenvalue weighted by Gasteiger charge is 2.17. The standard InChI is InChI=1S/C20H18N4O2S/c1-13-7-9-14(10-8-13)19-23-22-17(26-19)11-12-18(25)24(2)20-21-15-5-3-4-6-16(15)27-20/h3-10H,11-12H2,1-2H3. The van der Waals surface area contributed by atoms with Crippen molar-refractivity contribution in [2.45, 2.75) is 19.8 Å². The van der Waals surface area contributed by atoms with Gasteiger partial charge in [-0.2, -0.15) is 0 Å². The van der Waals surface area contributed by atoms with Gasteiger partial charge in [-0.25, -0.2) is 4.98 Å². The van der Waals surface area contributed by atoms with Crippen molar-refractivity contribution in [1.29, 1.82) is 0 Å². The number of benzene rings is 2. The third kappa shape index (κ3) is 3.73. The largest absolute Gasteiger partial charge is 0.421 e. The van der Waals surface area contributed by atoms with Crippen molar-refractivity contribution in [1.82, 2.24) is 15.2 Å². The summed E-state index contributed by atoms with van der Waals surface area (Å²) in [5, 5.41) is 8.81. The fraction of sp³-hybridized carbons (Fsp3) is 0.200. The molecule has 0 radical (unpaired) electrons. The van der Waals surface area contributed by atoms with Gasteiger partial charge in [-0.3, -0.25) is 9.69 Å². The van der Waals surface area contributed by atoms with Crippen molar-refractivity contribution in [2.75, 3.05) is 11.9 Å². The van der Waals surface area contributed by atoms with E-state index in [-0.39, 0.29) is 12.3 Å². The van der Waals surface area contributed by atoms with Crippen molar-refractivity contribution in [2.24, 2.45) is 0 Å². The molecule has 27 heavy (non-hydrogen) atoms. The molecule has 0 saturated carbocycles. The fourth-order valence-electron chi connectivity index (χ4n) is 2.66. The summed E-state index contributed by atoms with van der Waals surface area (Å²) in [6.07, 6.45) is 0.675. The smallest absolute Gasteiger partial charge is 0.247 e. The topological polar surface area (TPSA) is 72.1 Å². The fourth-order valence-corrected chi connectivity index (χ4v) is 3.60. The molecule has 2 aromatic carbocycles. The van der Waals surface area contributed by atoms with Gasteiger partial charge in [-0.15, -0.1) is 10.2 Å². The predicted octanol–water partition coefficient (Wildman–Crippen LogP) is 4.25. The predicted molar refractivity (Wildman–Crippen MR) is 106 cm³/mol. The van der Waals surface area contributed by atoms with Crippen molar-refractivity contribution >= 4 is 32.6 Å². The van der Waals surface area contributed by atoms with Gasteiger partial charge in [0.2, 0.25) is 17.7 Å². The molecule has 0 aliphatic carbocycles. The van der Waals surface area contributed by atoms with Gasteiger partial charge >= 0.3 is 0 Å². The van der Waals surface area contributed by atoms with E-state index < -0.39 is 0 Å². The normalized spacial score (nSPS) is 11.0. The van der Waals surface area contributed by atoms with Crippen LogP contribution in [0.25, 0.3) is 21.7 Å². The van der Waals surface area contributed by atoms with Crippen LogP contribution in [0.3, 0.4) is 0 Å². The molecule has 0 bridgehead atoms. The molecule has 0 aliphatic rings.